The fourth-order valence-electron chi connectivity index (χ4n) is 1.32. The van der Waals surface area contributed by atoms with E-state index in [1.165, 1.54) is 0 Å². The Morgan fingerprint density at radius 1 is 1.23 bits per heavy atom. The maximum Gasteiger partial charge on any atom is 0.253 e. The average Bonchev–Trinajstić information content (AvgIpc) is 2.17. The van der Waals surface area contributed by atoms with Gasteiger partial charge < -0.3 is 0 Å². The van der Waals surface area contributed by atoms with Gasteiger partial charge in [0.2, 0.25) is 5.52 Å². The van der Waals surface area contributed by atoms with E-state index in [4.69, 9.17) is 11.6 Å². The van der Waals surface area contributed by atoms with Gasteiger partial charge in [-0.25, -0.2) is 4.98 Å². The summed E-state index contributed by atoms with van der Waals surface area (Å²) in [6.07, 6.45) is 1.71. The number of fused-ring (bicyclic) bond motifs is 1. The third-order valence-corrected chi connectivity index (χ3v) is 2.12. The molecule has 0 aliphatic heterocycles. The molecule has 3 heteroatoms. The van der Waals surface area contributed by atoms with Crippen LogP contribution in [0.1, 0.15) is 10.4 Å². The first kappa shape index (κ1) is 8.20. The molecule has 1 heterocycles. The van der Waals surface area contributed by atoms with Gasteiger partial charge in [0.05, 0.1) is 10.9 Å². The first-order chi connectivity index (χ1) is 6.29. The molecule has 0 bridgehead atoms. The van der Waals surface area contributed by atoms with E-state index in [1.807, 2.05) is 24.3 Å². The summed E-state index contributed by atoms with van der Waals surface area (Å²) in [5, 5.41) is 0.426. The predicted octanol–water partition coefficient (Wildman–Crippen LogP) is 2.03. The SMILES string of the molecule is O=C(Cl)c1cc[nH+]c2ccccc12. The van der Waals surface area contributed by atoms with Crippen LogP contribution in [0, 0.1) is 0 Å². The van der Waals surface area contributed by atoms with E-state index in [0.29, 0.717) is 5.56 Å². The van der Waals surface area contributed by atoms with Crippen LogP contribution in [0.4, 0.5) is 0 Å². The van der Waals surface area contributed by atoms with E-state index in [2.05, 4.69) is 4.98 Å². The number of nitrogens with one attached hydrogen (secondary N) is 1. The van der Waals surface area contributed by atoms with Crippen molar-refractivity contribution in [2.45, 2.75) is 0 Å². The molecule has 1 aromatic carbocycles. The topological polar surface area (TPSA) is 31.2 Å². The Morgan fingerprint density at radius 2 is 2.00 bits per heavy atom. The highest BCUT2D eigenvalue weighted by atomic mass is 35.5. The fourth-order valence-corrected chi connectivity index (χ4v) is 1.48. The molecule has 0 saturated heterocycles. The van der Waals surface area contributed by atoms with Gasteiger partial charge in [0.25, 0.3) is 5.24 Å². The molecule has 0 spiro atoms. The van der Waals surface area contributed by atoms with Crippen molar-refractivity contribution >= 4 is 27.7 Å². The molecule has 0 saturated carbocycles. The lowest BCUT2D eigenvalue weighted by Gasteiger charge is -1.95. The Balaban J connectivity index is 2.83. The maximum atomic E-state index is 11.0. The van der Waals surface area contributed by atoms with E-state index in [1.54, 1.807) is 12.3 Å². The third-order valence-electron chi connectivity index (χ3n) is 1.92. The molecule has 64 valence electrons. The van der Waals surface area contributed by atoms with Crippen LogP contribution in [0.25, 0.3) is 10.9 Å². The first-order valence-electron chi connectivity index (χ1n) is 3.88. The van der Waals surface area contributed by atoms with Crippen LogP contribution in [0.3, 0.4) is 0 Å². The Bertz CT molecular complexity index is 462. The van der Waals surface area contributed by atoms with Gasteiger partial charge in [-0.15, -0.1) is 0 Å². The summed E-state index contributed by atoms with van der Waals surface area (Å²) in [6, 6.07) is 9.22. The van der Waals surface area contributed by atoms with Gasteiger partial charge in [-0.3, -0.25) is 4.79 Å². The lowest BCUT2D eigenvalue weighted by Crippen LogP contribution is -2.04. The number of hydrogen-bond donors (Lipinski definition) is 0. The number of benzene rings is 1. The van der Waals surface area contributed by atoms with Gasteiger partial charge in [-0.1, -0.05) is 12.1 Å². The molecule has 0 fully saturated rings. The van der Waals surface area contributed by atoms with Crippen LogP contribution >= 0.6 is 11.6 Å². The molecular weight excluding hydrogens is 186 g/mol. The second-order valence-corrected chi connectivity index (χ2v) is 3.05. The second-order valence-electron chi connectivity index (χ2n) is 2.71. The molecule has 1 N–H and O–H groups in total. The van der Waals surface area contributed by atoms with Crippen molar-refractivity contribution in [3.05, 3.63) is 42.1 Å². The normalized spacial score (nSPS) is 10.2. The van der Waals surface area contributed by atoms with Crippen LogP contribution in [0.2, 0.25) is 0 Å². The van der Waals surface area contributed by atoms with Crippen LogP contribution in [-0.2, 0) is 0 Å². The minimum Gasteiger partial charge on any atom is -0.276 e. The molecule has 2 nitrogen and oxygen atoms in total. The van der Waals surface area contributed by atoms with Gasteiger partial charge in [0.15, 0.2) is 6.20 Å². The Kier molecular flexibility index (Phi) is 1.99. The second kappa shape index (κ2) is 3.15. The van der Waals surface area contributed by atoms with E-state index >= 15 is 0 Å². The molecule has 0 radical (unpaired) electrons. The predicted molar refractivity (Wildman–Crippen MR) is 50.7 cm³/mol. The fraction of sp³-hybridized carbons (Fsp3) is 0. The minimum absolute atomic E-state index is 0.426. The van der Waals surface area contributed by atoms with Crippen molar-refractivity contribution in [1.82, 2.24) is 0 Å². The molecule has 0 aliphatic rings. The summed E-state index contributed by atoms with van der Waals surface area (Å²) in [6.45, 7) is 0. The first-order valence-corrected chi connectivity index (χ1v) is 4.26. The van der Waals surface area contributed by atoms with Crippen LogP contribution < -0.4 is 4.98 Å². The zero-order valence-corrected chi connectivity index (χ0v) is 7.51. The van der Waals surface area contributed by atoms with Crippen molar-refractivity contribution in [2.24, 2.45) is 0 Å². The van der Waals surface area contributed by atoms with Gasteiger partial charge >= 0.3 is 0 Å². The van der Waals surface area contributed by atoms with E-state index in [0.717, 1.165) is 10.9 Å². The monoisotopic (exact) mass is 192 g/mol. The van der Waals surface area contributed by atoms with Gasteiger partial charge in [-0.2, -0.15) is 0 Å². The van der Waals surface area contributed by atoms with Gasteiger partial charge in [0.1, 0.15) is 0 Å². The number of aromatic nitrogens is 1. The molecule has 0 atom stereocenters. The molecular formula is C10H7ClNO+. The quantitative estimate of drug-likeness (QED) is 0.637. The Hall–Kier alpha value is -1.41. The smallest absolute Gasteiger partial charge is 0.253 e. The Labute approximate surface area is 80.2 Å². The van der Waals surface area contributed by atoms with Crippen molar-refractivity contribution in [3.63, 3.8) is 0 Å². The number of aromatic amines is 1. The molecule has 0 unspecified atom stereocenters. The lowest BCUT2D eigenvalue weighted by atomic mass is 10.1. The van der Waals surface area contributed by atoms with Crippen molar-refractivity contribution in [3.8, 4) is 0 Å². The standard InChI is InChI=1S/C10H6ClNO/c11-10(13)8-5-6-12-9-4-2-1-3-7(8)9/h1-6H/p+1. The zero-order chi connectivity index (χ0) is 9.26. The number of H-pyrrole nitrogens is 1. The number of para-hydroxylation sites is 1. The van der Waals surface area contributed by atoms with Crippen LogP contribution in [0.5, 0.6) is 0 Å². The summed E-state index contributed by atoms with van der Waals surface area (Å²) in [4.78, 5) is 14.0. The third kappa shape index (κ3) is 1.40. The van der Waals surface area contributed by atoms with E-state index in [-0.39, 0.29) is 0 Å². The molecule has 0 amide bonds. The maximum absolute atomic E-state index is 11.0. The Morgan fingerprint density at radius 3 is 2.77 bits per heavy atom. The molecule has 2 rings (SSSR count). The highest BCUT2D eigenvalue weighted by Gasteiger charge is 2.09. The number of rotatable bonds is 1. The van der Waals surface area contributed by atoms with E-state index in [9.17, 15) is 4.79 Å². The average molecular weight is 193 g/mol. The van der Waals surface area contributed by atoms with Crippen LogP contribution in [0.15, 0.2) is 36.5 Å². The minimum atomic E-state index is -0.426. The molecule has 2 aromatic rings. The number of pyridine rings is 1. The highest BCUT2D eigenvalue weighted by Crippen LogP contribution is 2.15. The number of carbonyl (C=O) groups excluding carboxylic acids is 1. The zero-order valence-electron chi connectivity index (χ0n) is 6.75. The van der Waals surface area contributed by atoms with Crippen molar-refractivity contribution in [2.75, 3.05) is 0 Å². The summed E-state index contributed by atoms with van der Waals surface area (Å²) in [5.74, 6) is 0. The summed E-state index contributed by atoms with van der Waals surface area (Å²) < 4.78 is 0. The number of carbonyl (C=O) groups is 1. The highest BCUT2D eigenvalue weighted by molar-refractivity contribution is 6.68. The lowest BCUT2D eigenvalue weighted by molar-refractivity contribution is -0.344. The van der Waals surface area contributed by atoms with Crippen molar-refractivity contribution in [1.29, 1.82) is 0 Å². The van der Waals surface area contributed by atoms with Crippen molar-refractivity contribution < 1.29 is 9.78 Å². The van der Waals surface area contributed by atoms with Gasteiger partial charge in [-0.05, 0) is 17.7 Å². The molecule has 1 aromatic heterocycles. The van der Waals surface area contributed by atoms with Gasteiger partial charge in [0, 0.05) is 12.1 Å². The van der Waals surface area contributed by atoms with E-state index < -0.39 is 5.24 Å². The molecule has 13 heavy (non-hydrogen) atoms. The number of hydrogen-bond acceptors (Lipinski definition) is 1. The number of halogens is 1. The summed E-state index contributed by atoms with van der Waals surface area (Å²) >= 11 is 5.43. The summed E-state index contributed by atoms with van der Waals surface area (Å²) in [7, 11) is 0. The largest absolute Gasteiger partial charge is 0.276 e. The summed E-state index contributed by atoms with van der Waals surface area (Å²) in [5.41, 5.74) is 1.45. The molecule has 0 aliphatic carbocycles. The van der Waals surface area contributed by atoms with Crippen LogP contribution in [-0.4, -0.2) is 5.24 Å².